The van der Waals surface area contributed by atoms with E-state index in [1.54, 1.807) is 18.2 Å². The molecule has 0 fully saturated rings. The van der Waals surface area contributed by atoms with Crippen LogP contribution < -0.4 is 4.74 Å². The van der Waals surface area contributed by atoms with Crippen molar-refractivity contribution in [1.82, 2.24) is 4.98 Å². The third-order valence-corrected chi connectivity index (χ3v) is 2.80. The number of ether oxygens (including phenoxy) is 2. The zero-order valence-corrected chi connectivity index (χ0v) is 11.5. The lowest BCUT2D eigenvalue weighted by atomic mass is 10.1. The summed E-state index contributed by atoms with van der Waals surface area (Å²) in [5, 5.41) is 9.88. The Morgan fingerprint density at radius 3 is 2.85 bits per heavy atom. The Labute approximate surface area is 117 Å². The number of aromatic nitrogens is 1. The van der Waals surface area contributed by atoms with E-state index in [1.165, 1.54) is 6.07 Å². The number of nitrogens with zero attached hydrogens (tertiary/aromatic N) is 1. The van der Waals surface area contributed by atoms with Crippen LogP contribution in [0.3, 0.4) is 0 Å². The molecule has 0 aliphatic carbocycles. The maximum atomic E-state index is 11.3. The number of benzene rings is 1. The van der Waals surface area contributed by atoms with E-state index >= 15 is 0 Å². The Hall–Kier alpha value is -2.14. The summed E-state index contributed by atoms with van der Waals surface area (Å²) >= 11 is 0. The van der Waals surface area contributed by atoms with Gasteiger partial charge < -0.3 is 14.6 Å². The first-order chi connectivity index (χ1) is 9.61. The predicted octanol–water partition coefficient (Wildman–Crippen LogP) is 2.74. The van der Waals surface area contributed by atoms with Crippen LogP contribution >= 0.6 is 0 Å². The van der Waals surface area contributed by atoms with Crippen molar-refractivity contribution in [2.24, 2.45) is 0 Å². The van der Waals surface area contributed by atoms with Gasteiger partial charge in [0, 0.05) is 18.1 Å². The highest BCUT2D eigenvalue weighted by molar-refractivity contribution is 6.02. The summed E-state index contributed by atoms with van der Waals surface area (Å²) in [6.45, 7) is 4.81. The molecule has 1 unspecified atom stereocenters. The number of hydrogen-bond acceptors (Lipinski definition) is 4. The maximum Gasteiger partial charge on any atom is 0.336 e. The van der Waals surface area contributed by atoms with E-state index in [-0.39, 0.29) is 11.7 Å². The molecule has 1 heterocycles. The van der Waals surface area contributed by atoms with Gasteiger partial charge in [0.15, 0.2) is 0 Å². The third kappa shape index (κ3) is 3.24. The molecule has 5 heteroatoms. The van der Waals surface area contributed by atoms with Gasteiger partial charge in [0.05, 0.1) is 17.7 Å². The van der Waals surface area contributed by atoms with E-state index in [2.05, 4.69) is 4.98 Å². The topological polar surface area (TPSA) is 68.7 Å². The molecular weight excluding hydrogens is 258 g/mol. The molecule has 1 atom stereocenters. The van der Waals surface area contributed by atoms with Gasteiger partial charge in [0.1, 0.15) is 6.10 Å². The summed E-state index contributed by atoms with van der Waals surface area (Å²) in [6.07, 6.45) is -0.190. The lowest BCUT2D eigenvalue weighted by Crippen LogP contribution is -2.20. The highest BCUT2D eigenvalue weighted by Gasteiger charge is 2.13. The Bertz CT molecular complexity index is 612. The van der Waals surface area contributed by atoms with Crippen LogP contribution in [0.5, 0.6) is 5.88 Å². The summed E-state index contributed by atoms with van der Waals surface area (Å²) in [5.41, 5.74) is 0.792. The van der Waals surface area contributed by atoms with E-state index in [4.69, 9.17) is 9.47 Å². The summed E-state index contributed by atoms with van der Waals surface area (Å²) in [6, 6.07) is 8.55. The highest BCUT2D eigenvalue weighted by atomic mass is 16.5. The number of fused-ring (bicyclic) bond motifs is 1. The highest BCUT2D eigenvalue weighted by Crippen LogP contribution is 2.22. The lowest BCUT2D eigenvalue weighted by Gasteiger charge is -2.14. The van der Waals surface area contributed by atoms with Crippen LogP contribution in [0, 0.1) is 0 Å². The molecule has 0 radical (unpaired) electrons. The maximum absolute atomic E-state index is 11.3. The van der Waals surface area contributed by atoms with E-state index in [1.807, 2.05) is 19.9 Å². The Kier molecular flexibility index (Phi) is 4.53. The molecule has 2 rings (SSSR count). The summed E-state index contributed by atoms with van der Waals surface area (Å²) in [5.74, 6) is -0.695. The second-order valence-corrected chi connectivity index (χ2v) is 4.42. The first-order valence-corrected chi connectivity index (χ1v) is 6.49. The number of carbonyl (C=O) groups is 1. The van der Waals surface area contributed by atoms with Crippen LogP contribution in [0.1, 0.15) is 24.2 Å². The quantitative estimate of drug-likeness (QED) is 0.877. The van der Waals surface area contributed by atoms with Crippen molar-refractivity contribution in [2.75, 3.05) is 13.2 Å². The van der Waals surface area contributed by atoms with Crippen LogP contribution in [0.25, 0.3) is 10.9 Å². The van der Waals surface area contributed by atoms with Gasteiger partial charge in [0.2, 0.25) is 5.88 Å². The number of para-hydroxylation sites is 1. The van der Waals surface area contributed by atoms with Crippen LogP contribution in [-0.4, -0.2) is 35.4 Å². The van der Waals surface area contributed by atoms with E-state index < -0.39 is 5.97 Å². The van der Waals surface area contributed by atoms with E-state index in [0.29, 0.717) is 30.0 Å². The van der Waals surface area contributed by atoms with Crippen LogP contribution in [0.4, 0.5) is 0 Å². The van der Waals surface area contributed by atoms with Crippen molar-refractivity contribution in [3.63, 3.8) is 0 Å². The van der Waals surface area contributed by atoms with E-state index in [9.17, 15) is 9.90 Å². The molecule has 0 amide bonds. The van der Waals surface area contributed by atoms with Crippen molar-refractivity contribution in [2.45, 2.75) is 20.0 Å². The van der Waals surface area contributed by atoms with Crippen molar-refractivity contribution in [3.8, 4) is 5.88 Å². The number of carboxylic acid groups (broad SMARTS) is 1. The van der Waals surface area contributed by atoms with Gasteiger partial charge in [0.25, 0.3) is 0 Å². The summed E-state index contributed by atoms with van der Waals surface area (Å²) < 4.78 is 10.9. The molecule has 0 aliphatic rings. The molecule has 20 heavy (non-hydrogen) atoms. The van der Waals surface area contributed by atoms with Crippen molar-refractivity contribution >= 4 is 16.9 Å². The van der Waals surface area contributed by atoms with Crippen LogP contribution in [0.2, 0.25) is 0 Å². The molecule has 5 nitrogen and oxygen atoms in total. The smallest absolute Gasteiger partial charge is 0.336 e. The van der Waals surface area contributed by atoms with Gasteiger partial charge in [-0.25, -0.2) is 9.78 Å². The molecule has 0 aliphatic heterocycles. The standard InChI is InChI=1S/C15H17NO4/c1-3-19-9-10(2)20-14-8-12(15(17)18)11-6-4-5-7-13(11)16-14/h4-8,10H,3,9H2,1-2H3,(H,17,18). The van der Waals surface area contributed by atoms with Crippen LogP contribution in [0.15, 0.2) is 30.3 Å². The summed E-state index contributed by atoms with van der Waals surface area (Å²) in [7, 11) is 0. The molecule has 0 spiro atoms. The van der Waals surface area contributed by atoms with Crippen molar-refractivity contribution in [3.05, 3.63) is 35.9 Å². The molecule has 0 bridgehead atoms. The molecule has 0 saturated heterocycles. The van der Waals surface area contributed by atoms with Crippen molar-refractivity contribution < 1.29 is 19.4 Å². The van der Waals surface area contributed by atoms with Crippen LogP contribution in [-0.2, 0) is 4.74 Å². The second-order valence-electron chi connectivity index (χ2n) is 4.42. The average molecular weight is 275 g/mol. The first kappa shape index (κ1) is 14.3. The monoisotopic (exact) mass is 275 g/mol. The van der Waals surface area contributed by atoms with Gasteiger partial charge in [-0.3, -0.25) is 0 Å². The number of rotatable bonds is 6. The Morgan fingerprint density at radius 2 is 2.15 bits per heavy atom. The number of hydrogen-bond donors (Lipinski definition) is 1. The summed E-state index contributed by atoms with van der Waals surface area (Å²) in [4.78, 5) is 15.6. The Morgan fingerprint density at radius 1 is 1.40 bits per heavy atom. The van der Waals surface area contributed by atoms with Gasteiger partial charge >= 0.3 is 5.97 Å². The molecule has 1 aromatic heterocycles. The lowest BCUT2D eigenvalue weighted by molar-refractivity contribution is 0.0629. The second kappa shape index (κ2) is 6.34. The zero-order valence-electron chi connectivity index (χ0n) is 11.5. The largest absolute Gasteiger partial charge is 0.478 e. The molecule has 1 N–H and O–H groups in total. The fourth-order valence-corrected chi connectivity index (χ4v) is 1.91. The van der Waals surface area contributed by atoms with E-state index in [0.717, 1.165) is 0 Å². The Balaban J connectivity index is 2.32. The normalized spacial score (nSPS) is 12.3. The molecule has 2 aromatic rings. The van der Waals surface area contributed by atoms with Gasteiger partial charge in [-0.15, -0.1) is 0 Å². The minimum atomic E-state index is -0.995. The minimum absolute atomic E-state index is 0.189. The molecule has 106 valence electrons. The number of carboxylic acids is 1. The predicted molar refractivity (Wildman–Crippen MR) is 75.3 cm³/mol. The molecule has 0 saturated carbocycles. The fourth-order valence-electron chi connectivity index (χ4n) is 1.91. The van der Waals surface area contributed by atoms with Gasteiger partial charge in [-0.2, -0.15) is 0 Å². The van der Waals surface area contributed by atoms with Gasteiger partial charge in [-0.05, 0) is 19.9 Å². The third-order valence-electron chi connectivity index (χ3n) is 2.80. The fraction of sp³-hybridized carbons (Fsp3) is 0.333. The SMILES string of the molecule is CCOCC(C)Oc1cc(C(=O)O)c2ccccc2n1. The number of pyridine rings is 1. The minimum Gasteiger partial charge on any atom is -0.478 e. The average Bonchev–Trinajstić information content (AvgIpc) is 2.44. The zero-order chi connectivity index (χ0) is 14.5. The molecule has 1 aromatic carbocycles. The first-order valence-electron chi connectivity index (χ1n) is 6.49. The number of aromatic carboxylic acids is 1. The van der Waals surface area contributed by atoms with Crippen molar-refractivity contribution in [1.29, 1.82) is 0 Å². The van der Waals surface area contributed by atoms with Gasteiger partial charge in [-0.1, -0.05) is 18.2 Å². The molecular formula is C15H17NO4.